The van der Waals surface area contributed by atoms with Crippen LogP contribution in [0, 0.1) is 0 Å². The summed E-state index contributed by atoms with van der Waals surface area (Å²) in [5.41, 5.74) is 2.36. The van der Waals surface area contributed by atoms with E-state index in [2.05, 4.69) is 33.1 Å². The second kappa shape index (κ2) is 13.1. The van der Waals surface area contributed by atoms with Crippen LogP contribution in [0.25, 0.3) is 0 Å². The molecule has 0 saturated carbocycles. The number of carboxylic acid groups (broad SMARTS) is 1. The van der Waals surface area contributed by atoms with E-state index in [0.717, 1.165) is 50.2 Å². The van der Waals surface area contributed by atoms with Crippen LogP contribution in [0.3, 0.4) is 0 Å². The third-order valence-corrected chi connectivity index (χ3v) is 3.93. The van der Waals surface area contributed by atoms with E-state index in [1.807, 2.05) is 14.1 Å². The highest BCUT2D eigenvalue weighted by molar-refractivity contribution is 5.75. The van der Waals surface area contributed by atoms with Crippen molar-refractivity contribution >= 4 is 17.7 Å². The summed E-state index contributed by atoms with van der Waals surface area (Å²) in [6, 6.07) is 4.23. The Morgan fingerprint density at radius 3 is 2.69 bits per heavy atom. The molecular weight excluding hydrogens is 332 g/mol. The standard InChI is InChI=1S/C17H25N3O3.C2H7N/c21-15(18-11-4-8-16(22)23)7-2-1-6-14-10-9-13-5-3-12-19-17(13)20-14;1-3-2/h9-10H,1-8,11-12H2,(H,18,21)(H,19,20)(H,22,23);3H,1-2H3. The maximum atomic E-state index is 11.6. The van der Waals surface area contributed by atoms with Crippen molar-refractivity contribution in [1.82, 2.24) is 15.6 Å². The molecule has 1 aromatic rings. The molecule has 2 heterocycles. The number of nitrogens with one attached hydrogen (secondary N) is 3. The summed E-state index contributed by atoms with van der Waals surface area (Å²) in [5.74, 6) is 0.187. The molecule has 0 aromatic carbocycles. The molecule has 1 aliphatic heterocycles. The molecule has 0 saturated heterocycles. The van der Waals surface area contributed by atoms with E-state index in [9.17, 15) is 9.59 Å². The van der Waals surface area contributed by atoms with Crippen molar-refractivity contribution in [3.05, 3.63) is 23.4 Å². The lowest BCUT2D eigenvalue weighted by atomic mass is 10.1. The van der Waals surface area contributed by atoms with Crippen LogP contribution in [0.15, 0.2) is 12.1 Å². The number of aryl methyl sites for hydroxylation is 2. The van der Waals surface area contributed by atoms with Gasteiger partial charge >= 0.3 is 5.97 Å². The van der Waals surface area contributed by atoms with Crippen LogP contribution in [0.1, 0.15) is 49.8 Å². The average Bonchev–Trinajstić information content (AvgIpc) is 2.63. The first kappa shape index (κ1) is 21.9. The Labute approximate surface area is 156 Å². The van der Waals surface area contributed by atoms with Crippen LogP contribution in [-0.4, -0.2) is 49.2 Å². The van der Waals surface area contributed by atoms with Gasteiger partial charge in [0.25, 0.3) is 0 Å². The number of anilines is 1. The number of carboxylic acids is 1. The van der Waals surface area contributed by atoms with Gasteiger partial charge in [-0.1, -0.05) is 6.07 Å². The number of hydrogen-bond acceptors (Lipinski definition) is 5. The molecule has 0 spiro atoms. The Balaban J connectivity index is 0.00000105. The first-order chi connectivity index (χ1) is 12.6. The van der Waals surface area contributed by atoms with E-state index in [0.29, 0.717) is 19.4 Å². The Bertz CT molecular complexity index is 564. The minimum Gasteiger partial charge on any atom is -0.481 e. The third-order valence-electron chi connectivity index (χ3n) is 3.93. The van der Waals surface area contributed by atoms with Gasteiger partial charge in [-0.05, 0) is 64.3 Å². The van der Waals surface area contributed by atoms with Gasteiger partial charge in [0.15, 0.2) is 0 Å². The van der Waals surface area contributed by atoms with Crippen molar-refractivity contribution in [1.29, 1.82) is 0 Å². The number of fused-ring (bicyclic) bond motifs is 1. The number of carbonyl (C=O) groups is 2. The van der Waals surface area contributed by atoms with E-state index < -0.39 is 5.97 Å². The fourth-order valence-electron chi connectivity index (χ4n) is 2.66. The van der Waals surface area contributed by atoms with Gasteiger partial charge in [0.2, 0.25) is 5.91 Å². The molecule has 0 fully saturated rings. The summed E-state index contributed by atoms with van der Waals surface area (Å²) >= 11 is 0. The topological polar surface area (TPSA) is 103 Å². The van der Waals surface area contributed by atoms with E-state index in [-0.39, 0.29) is 12.3 Å². The lowest BCUT2D eigenvalue weighted by Crippen LogP contribution is -2.24. The number of pyridine rings is 1. The molecule has 2 rings (SSSR count). The van der Waals surface area contributed by atoms with Crippen LogP contribution in [0.4, 0.5) is 5.82 Å². The van der Waals surface area contributed by atoms with E-state index in [4.69, 9.17) is 5.11 Å². The van der Waals surface area contributed by atoms with Crippen LogP contribution in [0.2, 0.25) is 0 Å². The number of amides is 1. The van der Waals surface area contributed by atoms with Gasteiger partial charge in [0.1, 0.15) is 5.82 Å². The Hall–Kier alpha value is -2.15. The maximum absolute atomic E-state index is 11.6. The molecule has 0 unspecified atom stereocenters. The fraction of sp³-hybridized carbons (Fsp3) is 0.632. The number of carbonyl (C=O) groups excluding carboxylic acids is 1. The molecule has 7 heteroatoms. The van der Waals surface area contributed by atoms with Crippen molar-refractivity contribution in [3.63, 3.8) is 0 Å². The molecule has 1 aliphatic rings. The maximum Gasteiger partial charge on any atom is 0.303 e. The van der Waals surface area contributed by atoms with Gasteiger partial charge in [-0.25, -0.2) is 4.98 Å². The summed E-state index contributed by atoms with van der Waals surface area (Å²) in [4.78, 5) is 26.6. The molecule has 1 amide bonds. The van der Waals surface area contributed by atoms with Crippen molar-refractivity contribution < 1.29 is 14.7 Å². The van der Waals surface area contributed by atoms with Crippen molar-refractivity contribution in [2.45, 2.75) is 51.4 Å². The molecule has 7 nitrogen and oxygen atoms in total. The minimum absolute atomic E-state index is 0.00421. The van der Waals surface area contributed by atoms with Crippen molar-refractivity contribution in [2.24, 2.45) is 0 Å². The summed E-state index contributed by atoms with van der Waals surface area (Å²) < 4.78 is 0. The largest absolute Gasteiger partial charge is 0.481 e. The van der Waals surface area contributed by atoms with Crippen LogP contribution >= 0.6 is 0 Å². The zero-order valence-electron chi connectivity index (χ0n) is 15.9. The second-order valence-corrected chi connectivity index (χ2v) is 6.40. The molecule has 0 radical (unpaired) electrons. The molecule has 0 bridgehead atoms. The Morgan fingerprint density at radius 2 is 1.96 bits per heavy atom. The van der Waals surface area contributed by atoms with E-state index >= 15 is 0 Å². The number of nitrogens with zero attached hydrogens (tertiary/aromatic N) is 1. The highest BCUT2D eigenvalue weighted by Crippen LogP contribution is 2.20. The number of aliphatic carboxylic acids is 1. The Morgan fingerprint density at radius 1 is 1.19 bits per heavy atom. The van der Waals surface area contributed by atoms with Crippen LogP contribution < -0.4 is 16.0 Å². The molecule has 1 aromatic heterocycles. The highest BCUT2D eigenvalue weighted by atomic mass is 16.4. The highest BCUT2D eigenvalue weighted by Gasteiger charge is 2.10. The quantitative estimate of drug-likeness (QED) is 0.500. The zero-order valence-corrected chi connectivity index (χ0v) is 15.9. The summed E-state index contributed by atoms with van der Waals surface area (Å²) in [6.07, 6.45) is 5.93. The number of unbranched alkanes of at least 4 members (excludes halogenated alkanes) is 1. The van der Waals surface area contributed by atoms with Gasteiger partial charge in [0, 0.05) is 31.6 Å². The smallest absolute Gasteiger partial charge is 0.303 e. The van der Waals surface area contributed by atoms with Crippen molar-refractivity contribution in [2.75, 3.05) is 32.5 Å². The molecule has 0 atom stereocenters. The summed E-state index contributed by atoms with van der Waals surface area (Å²) in [7, 11) is 3.75. The average molecular weight is 364 g/mol. The van der Waals surface area contributed by atoms with Gasteiger partial charge in [-0.15, -0.1) is 0 Å². The monoisotopic (exact) mass is 364 g/mol. The number of hydrogen-bond donors (Lipinski definition) is 4. The molecule has 146 valence electrons. The lowest BCUT2D eigenvalue weighted by molar-refractivity contribution is -0.137. The summed E-state index contributed by atoms with van der Waals surface area (Å²) in [5, 5.41) is 17.3. The van der Waals surface area contributed by atoms with Gasteiger partial charge in [-0.2, -0.15) is 0 Å². The van der Waals surface area contributed by atoms with Crippen LogP contribution in [-0.2, 0) is 22.4 Å². The lowest BCUT2D eigenvalue weighted by Gasteiger charge is -2.17. The Kier molecular flexibility index (Phi) is 11.0. The van der Waals surface area contributed by atoms with Crippen LogP contribution in [0.5, 0.6) is 0 Å². The van der Waals surface area contributed by atoms with E-state index in [1.165, 1.54) is 5.56 Å². The second-order valence-electron chi connectivity index (χ2n) is 6.40. The predicted molar refractivity (Wildman–Crippen MR) is 103 cm³/mol. The number of rotatable bonds is 9. The fourth-order valence-corrected chi connectivity index (χ4v) is 2.66. The minimum atomic E-state index is -0.828. The molecule has 0 aliphatic carbocycles. The van der Waals surface area contributed by atoms with Gasteiger partial charge < -0.3 is 21.1 Å². The SMILES string of the molecule is CNC.O=C(O)CCCNC(=O)CCCCc1ccc2c(n1)NCCC2. The van der Waals surface area contributed by atoms with E-state index in [1.54, 1.807) is 0 Å². The first-order valence-electron chi connectivity index (χ1n) is 9.36. The first-order valence-corrected chi connectivity index (χ1v) is 9.36. The zero-order chi connectivity index (χ0) is 19.2. The number of aromatic nitrogens is 1. The predicted octanol–water partition coefficient (Wildman–Crippen LogP) is 1.97. The molecule has 4 N–H and O–H groups in total. The summed E-state index contributed by atoms with van der Waals surface area (Å²) in [6.45, 7) is 1.43. The van der Waals surface area contributed by atoms with Gasteiger partial charge in [-0.3, -0.25) is 9.59 Å². The van der Waals surface area contributed by atoms with Crippen molar-refractivity contribution in [3.8, 4) is 0 Å². The third kappa shape index (κ3) is 9.36. The molecule has 26 heavy (non-hydrogen) atoms. The normalized spacial score (nSPS) is 12.2. The van der Waals surface area contributed by atoms with Gasteiger partial charge in [0.05, 0.1) is 0 Å². The molecular formula is C19H32N4O3.